The Kier molecular flexibility index (Phi) is 4.77. The number of nitrogens with one attached hydrogen (secondary N) is 2. The lowest BCUT2D eigenvalue weighted by Gasteiger charge is -2.36. The SMILES string of the molecule is Cc1occ(C(F)(F)F)c1C(=O)N[C@@H]1CCC(=O)N[C@H]1C1CCCO1. The number of hydrogen-bond acceptors (Lipinski definition) is 4. The van der Waals surface area contributed by atoms with E-state index < -0.39 is 35.3 Å². The van der Waals surface area contributed by atoms with E-state index in [1.165, 1.54) is 6.92 Å². The molecule has 3 heterocycles. The van der Waals surface area contributed by atoms with Gasteiger partial charge in [-0.3, -0.25) is 9.59 Å². The topological polar surface area (TPSA) is 80.6 Å². The van der Waals surface area contributed by atoms with Gasteiger partial charge in [-0.05, 0) is 26.2 Å². The highest BCUT2D eigenvalue weighted by Gasteiger charge is 2.41. The Morgan fingerprint density at radius 3 is 2.76 bits per heavy atom. The number of hydrogen-bond donors (Lipinski definition) is 2. The summed E-state index contributed by atoms with van der Waals surface area (Å²) in [6.45, 7) is 1.88. The first-order valence-corrected chi connectivity index (χ1v) is 8.14. The summed E-state index contributed by atoms with van der Waals surface area (Å²) in [6, 6.07) is -0.946. The van der Waals surface area contributed by atoms with E-state index in [4.69, 9.17) is 9.15 Å². The number of carbonyl (C=O) groups excluding carboxylic acids is 2. The molecule has 2 fully saturated rings. The summed E-state index contributed by atoms with van der Waals surface area (Å²) in [6.07, 6.45) is -2.26. The lowest BCUT2D eigenvalue weighted by molar-refractivity contribution is -0.138. The van der Waals surface area contributed by atoms with Crippen molar-refractivity contribution in [2.24, 2.45) is 0 Å². The van der Waals surface area contributed by atoms with Gasteiger partial charge >= 0.3 is 6.18 Å². The van der Waals surface area contributed by atoms with Crippen LogP contribution in [0.15, 0.2) is 10.7 Å². The first-order valence-electron chi connectivity index (χ1n) is 8.14. The molecule has 2 N–H and O–H groups in total. The van der Waals surface area contributed by atoms with E-state index in [-0.39, 0.29) is 24.2 Å². The summed E-state index contributed by atoms with van der Waals surface area (Å²) < 4.78 is 49.6. The zero-order valence-corrected chi connectivity index (χ0v) is 13.6. The van der Waals surface area contributed by atoms with Crippen LogP contribution in [0.1, 0.15) is 47.4 Å². The number of alkyl halides is 3. The van der Waals surface area contributed by atoms with Crippen molar-refractivity contribution < 1.29 is 31.9 Å². The van der Waals surface area contributed by atoms with E-state index in [9.17, 15) is 22.8 Å². The molecular weight excluding hydrogens is 341 g/mol. The van der Waals surface area contributed by atoms with E-state index in [1.54, 1.807) is 0 Å². The van der Waals surface area contributed by atoms with Crippen LogP contribution in [0.4, 0.5) is 13.2 Å². The summed E-state index contributed by atoms with van der Waals surface area (Å²) >= 11 is 0. The standard InChI is InChI=1S/C16H19F3N2O4/c1-8-13(9(7-25-8)16(17,18)19)15(23)20-10-4-5-12(22)21-14(10)11-3-2-6-24-11/h7,10-11,14H,2-6H2,1H3,(H,20,23)(H,21,22)/t10-,11?,14-/m1/s1. The molecule has 1 unspecified atom stereocenters. The number of piperidine rings is 1. The second-order valence-corrected chi connectivity index (χ2v) is 6.34. The van der Waals surface area contributed by atoms with Crippen molar-refractivity contribution in [3.8, 4) is 0 Å². The van der Waals surface area contributed by atoms with Crippen molar-refractivity contribution in [1.82, 2.24) is 10.6 Å². The molecule has 0 radical (unpaired) electrons. The van der Waals surface area contributed by atoms with Crippen LogP contribution < -0.4 is 10.6 Å². The molecule has 0 saturated carbocycles. The fourth-order valence-corrected chi connectivity index (χ4v) is 3.41. The molecule has 6 nitrogen and oxygen atoms in total. The lowest BCUT2D eigenvalue weighted by atomic mass is 9.92. The second kappa shape index (κ2) is 6.70. The third-order valence-corrected chi connectivity index (χ3v) is 4.63. The van der Waals surface area contributed by atoms with Crippen molar-refractivity contribution >= 4 is 11.8 Å². The second-order valence-electron chi connectivity index (χ2n) is 6.34. The van der Waals surface area contributed by atoms with Gasteiger partial charge in [0.1, 0.15) is 17.6 Å². The fourth-order valence-electron chi connectivity index (χ4n) is 3.41. The average molecular weight is 360 g/mol. The van der Waals surface area contributed by atoms with Crippen molar-refractivity contribution in [2.75, 3.05) is 6.61 Å². The van der Waals surface area contributed by atoms with E-state index >= 15 is 0 Å². The summed E-state index contributed by atoms with van der Waals surface area (Å²) in [7, 11) is 0. The zero-order chi connectivity index (χ0) is 18.2. The molecule has 1 aromatic rings. The van der Waals surface area contributed by atoms with Crippen LogP contribution in [0, 0.1) is 6.92 Å². The molecule has 1 aromatic heterocycles. The Morgan fingerprint density at radius 2 is 2.12 bits per heavy atom. The average Bonchev–Trinajstić information content (AvgIpc) is 3.17. The third-order valence-electron chi connectivity index (χ3n) is 4.63. The van der Waals surface area contributed by atoms with Gasteiger partial charge in [0.25, 0.3) is 5.91 Å². The first kappa shape index (κ1) is 17.8. The maximum atomic E-state index is 13.1. The highest BCUT2D eigenvalue weighted by molar-refractivity contribution is 5.97. The van der Waals surface area contributed by atoms with Crippen molar-refractivity contribution in [2.45, 2.75) is 57.0 Å². The van der Waals surface area contributed by atoms with Gasteiger partial charge in [-0.1, -0.05) is 0 Å². The Labute approximate surface area is 142 Å². The van der Waals surface area contributed by atoms with Crippen LogP contribution in [0.25, 0.3) is 0 Å². The van der Waals surface area contributed by atoms with Gasteiger partial charge in [-0.25, -0.2) is 0 Å². The largest absolute Gasteiger partial charge is 0.468 e. The minimum Gasteiger partial charge on any atom is -0.468 e. The Balaban J connectivity index is 1.79. The molecule has 2 aliphatic rings. The number of furan rings is 1. The monoisotopic (exact) mass is 360 g/mol. The molecule has 2 amide bonds. The number of carbonyl (C=O) groups is 2. The predicted octanol–water partition coefficient (Wildman–Crippen LogP) is 2.16. The Morgan fingerprint density at radius 1 is 1.36 bits per heavy atom. The summed E-state index contributed by atoms with van der Waals surface area (Å²) in [5.74, 6) is -1.11. The fraction of sp³-hybridized carbons (Fsp3) is 0.625. The minimum atomic E-state index is -4.68. The maximum Gasteiger partial charge on any atom is 0.420 e. The van der Waals surface area contributed by atoms with Crippen LogP contribution in [0.5, 0.6) is 0 Å². The van der Waals surface area contributed by atoms with Crippen LogP contribution in [0.3, 0.4) is 0 Å². The number of amides is 2. The normalized spacial score (nSPS) is 27.2. The van der Waals surface area contributed by atoms with Gasteiger partial charge in [0.15, 0.2) is 0 Å². The molecule has 0 spiro atoms. The van der Waals surface area contributed by atoms with Crippen LogP contribution in [-0.2, 0) is 15.7 Å². The number of ether oxygens (including phenoxy) is 1. The number of halogens is 3. The highest BCUT2D eigenvalue weighted by Crippen LogP contribution is 2.34. The summed E-state index contributed by atoms with van der Waals surface area (Å²) in [4.78, 5) is 24.2. The van der Waals surface area contributed by atoms with Crippen molar-refractivity contribution in [3.05, 3.63) is 23.2 Å². The molecule has 0 aliphatic carbocycles. The van der Waals surface area contributed by atoms with Gasteiger partial charge in [0, 0.05) is 13.0 Å². The van der Waals surface area contributed by atoms with E-state index in [0.717, 1.165) is 12.8 Å². The minimum absolute atomic E-state index is 0.0988. The molecule has 25 heavy (non-hydrogen) atoms. The molecule has 138 valence electrons. The molecule has 9 heteroatoms. The molecule has 3 atom stereocenters. The van der Waals surface area contributed by atoms with Crippen molar-refractivity contribution in [3.63, 3.8) is 0 Å². The first-order chi connectivity index (χ1) is 11.8. The van der Waals surface area contributed by atoms with E-state index in [1.807, 2.05) is 0 Å². The smallest absolute Gasteiger partial charge is 0.420 e. The quantitative estimate of drug-likeness (QED) is 0.866. The molecule has 2 aliphatic heterocycles. The molecule has 2 saturated heterocycles. The van der Waals surface area contributed by atoms with Crippen LogP contribution in [0.2, 0.25) is 0 Å². The van der Waals surface area contributed by atoms with Gasteiger partial charge in [0.05, 0.1) is 23.8 Å². The predicted molar refractivity (Wildman–Crippen MR) is 79.8 cm³/mol. The number of rotatable bonds is 3. The molecule has 0 aromatic carbocycles. The summed E-state index contributed by atoms with van der Waals surface area (Å²) in [5, 5.41) is 5.42. The van der Waals surface area contributed by atoms with Crippen LogP contribution in [-0.4, -0.2) is 36.6 Å². The molecular formula is C16H19F3N2O4. The molecule has 0 bridgehead atoms. The van der Waals surface area contributed by atoms with Gasteiger partial charge in [-0.15, -0.1) is 0 Å². The van der Waals surface area contributed by atoms with Crippen LogP contribution >= 0.6 is 0 Å². The molecule has 3 rings (SSSR count). The number of aryl methyl sites for hydroxylation is 1. The summed E-state index contributed by atoms with van der Waals surface area (Å²) in [5.41, 5.74) is -1.62. The van der Waals surface area contributed by atoms with Gasteiger partial charge in [-0.2, -0.15) is 13.2 Å². The Bertz CT molecular complexity index is 665. The lowest BCUT2D eigenvalue weighted by Crippen LogP contribution is -2.60. The van der Waals surface area contributed by atoms with Gasteiger partial charge in [0.2, 0.25) is 5.91 Å². The van der Waals surface area contributed by atoms with E-state index in [0.29, 0.717) is 19.3 Å². The van der Waals surface area contributed by atoms with Crippen molar-refractivity contribution in [1.29, 1.82) is 0 Å². The Hall–Kier alpha value is -2.03. The highest BCUT2D eigenvalue weighted by atomic mass is 19.4. The van der Waals surface area contributed by atoms with E-state index in [2.05, 4.69) is 10.6 Å². The van der Waals surface area contributed by atoms with Gasteiger partial charge < -0.3 is 19.8 Å². The third kappa shape index (κ3) is 3.65. The maximum absolute atomic E-state index is 13.1. The zero-order valence-electron chi connectivity index (χ0n) is 13.6.